The number of hydrogen-bond acceptors (Lipinski definition) is 5. The Balaban J connectivity index is 1.79. The summed E-state index contributed by atoms with van der Waals surface area (Å²) < 4.78 is 15.7. The van der Waals surface area contributed by atoms with Gasteiger partial charge < -0.3 is 30.0 Å². The average molecular weight is 288 g/mol. The number of rotatable bonds is 5. The van der Waals surface area contributed by atoms with E-state index in [4.69, 9.17) is 19.3 Å². The molecule has 0 saturated carbocycles. The summed E-state index contributed by atoms with van der Waals surface area (Å²) in [5.41, 5.74) is -0.490. The molecule has 8 heteroatoms. The zero-order valence-corrected chi connectivity index (χ0v) is 11.4. The second-order valence-electron chi connectivity index (χ2n) is 5.11. The van der Waals surface area contributed by atoms with Gasteiger partial charge >= 0.3 is 12.0 Å². The third-order valence-corrected chi connectivity index (χ3v) is 3.79. The van der Waals surface area contributed by atoms with Gasteiger partial charge in [-0.05, 0) is 0 Å². The summed E-state index contributed by atoms with van der Waals surface area (Å²) in [6.07, 6.45) is 0.716. The number of nitrogens with one attached hydrogen (secondary N) is 2. The number of methoxy groups -OCH3 is 1. The van der Waals surface area contributed by atoms with Gasteiger partial charge in [-0.2, -0.15) is 0 Å². The van der Waals surface area contributed by atoms with Crippen molar-refractivity contribution >= 4 is 12.0 Å². The molecule has 2 aliphatic rings. The smallest absolute Gasteiger partial charge is 0.315 e. The molecule has 3 atom stereocenters. The highest BCUT2D eigenvalue weighted by Crippen LogP contribution is 2.21. The predicted octanol–water partition coefficient (Wildman–Crippen LogP) is -0.809. The lowest BCUT2D eigenvalue weighted by Gasteiger charge is -2.26. The van der Waals surface area contributed by atoms with Gasteiger partial charge in [-0.3, -0.25) is 4.79 Å². The van der Waals surface area contributed by atoms with Crippen LogP contribution in [0.1, 0.15) is 6.42 Å². The van der Waals surface area contributed by atoms with Crippen LogP contribution in [0.5, 0.6) is 0 Å². The van der Waals surface area contributed by atoms with Gasteiger partial charge in [-0.1, -0.05) is 0 Å². The maximum Gasteiger partial charge on any atom is 0.315 e. The molecular formula is C12H20N2O6. The first-order chi connectivity index (χ1) is 9.56. The van der Waals surface area contributed by atoms with Crippen LogP contribution in [-0.4, -0.2) is 68.8 Å². The molecule has 0 aromatic rings. The average Bonchev–Trinajstić information content (AvgIpc) is 3.05. The van der Waals surface area contributed by atoms with Gasteiger partial charge in [0.15, 0.2) is 0 Å². The SMILES string of the molecule is COC1(CNC(=O)NC2COCC2C(=O)O)CCOC1. The Bertz CT molecular complexity index is 369. The molecule has 0 radical (unpaired) electrons. The molecule has 0 aliphatic carbocycles. The molecule has 0 bridgehead atoms. The van der Waals surface area contributed by atoms with Gasteiger partial charge in [-0.15, -0.1) is 0 Å². The van der Waals surface area contributed by atoms with Crippen molar-refractivity contribution in [3.05, 3.63) is 0 Å². The first-order valence-corrected chi connectivity index (χ1v) is 6.54. The molecule has 0 aromatic carbocycles. The molecule has 3 N–H and O–H groups in total. The van der Waals surface area contributed by atoms with Gasteiger partial charge in [0, 0.05) is 20.1 Å². The van der Waals surface area contributed by atoms with E-state index in [9.17, 15) is 9.59 Å². The van der Waals surface area contributed by atoms with Crippen molar-refractivity contribution in [2.45, 2.75) is 18.1 Å². The third-order valence-electron chi connectivity index (χ3n) is 3.79. The molecule has 2 heterocycles. The minimum absolute atomic E-state index is 0.121. The zero-order chi connectivity index (χ0) is 14.6. The Morgan fingerprint density at radius 2 is 2.20 bits per heavy atom. The molecule has 2 saturated heterocycles. The summed E-state index contributed by atoms with van der Waals surface area (Å²) in [6.45, 7) is 1.70. The summed E-state index contributed by atoms with van der Waals surface area (Å²) in [6, 6.07) is -0.930. The molecule has 114 valence electrons. The summed E-state index contributed by atoms with van der Waals surface area (Å²) in [4.78, 5) is 22.8. The van der Waals surface area contributed by atoms with E-state index in [2.05, 4.69) is 10.6 Å². The third kappa shape index (κ3) is 3.38. The van der Waals surface area contributed by atoms with Crippen molar-refractivity contribution < 1.29 is 28.9 Å². The van der Waals surface area contributed by atoms with E-state index in [1.165, 1.54) is 0 Å². The maximum atomic E-state index is 11.8. The maximum absolute atomic E-state index is 11.8. The number of aliphatic carboxylic acids is 1. The Morgan fingerprint density at radius 1 is 1.40 bits per heavy atom. The molecule has 0 aromatic heterocycles. The van der Waals surface area contributed by atoms with Gasteiger partial charge in [0.2, 0.25) is 0 Å². The number of amides is 2. The Kier molecular flexibility index (Phi) is 4.79. The number of ether oxygens (including phenoxy) is 3. The van der Waals surface area contributed by atoms with Crippen LogP contribution in [-0.2, 0) is 19.0 Å². The largest absolute Gasteiger partial charge is 0.481 e. The van der Waals surface area contributed by atoms with Gasteiger partial charge in [0.1, 0.15) is 11.5 Å². The summed E-state index contributed by atoms with van der Waals surface area (Å²) >= 11 is 0. The first kappa shape index (κ1) is 15.0. The standard InChI is InChI=1S/C12H20N2O6/c1-18-12(2-3-19-7-12)6-13-11(17)14-9-5-20-4-8(9)10(15)16/h8-9H,2-7H2,1H3,(H,15,16)(H2,13,14,17). The van der Waals surface area contributed by atoms with Crippen LogP contribution in [0, 0.1) is 5.92 Å². The molecule has 20 heavy (non-hydrogen) atoms. The Labute approximate surface area is 116 Å². The van der Waals surface area contributed by atoms with Crippen molar-refractivity contribution in [3.63, 3.8) is 0 Å². The number of carbonyl (C=O) groups is 2. The number of carbonyl (C=O) groups excluding carboxylic acids is 1. The Morgan fingerprint density at radius 3 is 2.80 bits per heavy atom. The normalized spacial score (nSPS) is 33.0. The van der Waals surface area contributed by atoms with E-state index >= 15 is 0 Å². The minimum atomic E-state index is -0.967. The fourth-order valence-corrected chi connectivity index (χ4v) is 2.36. The number of carboxylic acid groups (broad SMARTS) is 1. The van der Waals surface area contributed by atoms with Crippen LogP contribution in [0.15, 0.2) is 0 Å². The van der Waals surface area contributed by atoms with Crippen LogP contribution in [0.3, 0.4) is 0 Å². The monoisotopic (exact) mass is 288 g/mol. The topological polar surface area (TPSA) is 106 Å². The van der Waals surface area contributed by atoms with E-state index < -0.39 is 29.6 Å². The lowest BCUT2D eigenvalue weighted by Crippen LogP contribution is -2.52. The van der Waals surface area contributed by atoms with Crippen LogP contribution >= 0.6 is 0 Å². The molecule has 8 nitrogen and oxygen atoms in total. The van der Waals surface area contributed by atoms with E-state index in [1.807, 2.05) is 0 Å². The lowest BCUT2D eigenvalue weighted by atomic mass is 10.0. The molecule has 2 amide bonds. The van der Waals surface area contributed by atoms with E-state index in [0.717, 1.165) is 0 Å². The number of hydrogen-bond donors (Lipinski definition) is 3. The zero-order valence-electron chi connectivity index (χ0n) is 11.4. The van der Waals surface area contributed by atoms with Crippen LogP contribution in [0.4, 0.5) is 4.79 Å². The van der Waals surface area contributed by atoms with E-state index in [-0.39, 0.29) is 13.2 Å². The highest BCUT2D eigenvalue weighted by molar-refractivity contribution is 5.77. The molecule has 2 fully saturated rings. The summed E-state index contributed by atoms with van der Waals surface area (Å²) in [7, 11) is 1.58. The van der Waals surface area contributed by atoms with Gasteiger partial charge in [0.05, 0.1) is 32.4 Å². The van der Waals surface area contributed by atoms with Crippen molar-refractivity contribution in [3.8, 4) is 0 Å². The van der Waals surface area contributed by atoms with E-state index in [1.54, 1.807) is 7.11 Å². The van der Waals surface area contributed by atoms with Crippen LogP contribution < -0.4 is 10.6 Å². The highest BCUT2D eigenvalue weighted by atomic mass is 16.5. The van der Waals surface area contributed by atoms with E-state index in [0.29, 0.717) is 26.2 Å². The molecular weight excluding hydrogens is 268 g/mol. The fourth-order valence-electron chi connectivity index (χ4n) is 2.36. The predicted molar refractivity (Wildman–Crippen MR) is 67.4 cm³/mol. The second-order valence-corrected chi connectivity index (χ2v) is 5.11. The highest BCUT2D eigenvalue weighted by Gasteiger charge is 2.37. The van der Waals surface area contributed by atoms with Crippen molar-refractivity contribution in [1.82, 2.24) is 10.6 Å². The second kappa shape index (κ2) is 6.38. The molecule has 2 aliphatic heterocycles. The van der Waals surface area contributed by atoms with Crippen LogP contribution in [0.25, 0.3) is 0 Å². The summed E-state index contributed by atoms with van der Waals surface area (Å²) in [5.74, 6) is -1.67. The van der Waals surface area contributed by atoms with Crippen molar-refractivity contribution in [2.24, 2.45) is 5.92 Å². The van der Waals surface area contributed by atoms with Crippen molar-refractivity contribution in [1.29, 1.82) is 0 Å². The molecule has 3 unspecified atom stereocenters. The summed E-state index contributed by atoms with van der Waals surface area (Å²) in [5, 5.41) is 14.3. The Hall–Kier alpha value is -1.38. The lowest BCUT2D eigenvalue weighted by molar-refractivity contribution is -0.142. The number of urea groups is 1. The van der Waals surface area contributed by atoms with Gasteiger partial charge in [-0.25, -0.2) is 4.79 Å². The van der Waals surface area contributed by atoms with Gasteiger partial charge in [0.25, 0.3) is 0 Å². The fraction of sp³-hybridized carbons (Fsp3) is 0.833. The minimum Gasteiger partial charge on any atom is -0.481 e. The van der Waals surface area contributed by atoms with Crippen LogP contribution in [0.2, 0.25) is 0 Å². The first-order valence-electron chi connectivity index (χ1n) is 6.54. The molecule has 2 rings (SSSR count). The quantitative estimate of drug-likeness (QED) is 0.611. The number of carboxylic acids is 1. The van der Waals surface area contributed by atoms with Crippen molar-refractivity contribution in [2.75, 3.05) is 40.1 Å². The molecule has 0 spiro atoms.